The quantitative estimate of drug-likeness (QED) is 0.297. The van der Waals surface area contributed by atoms with Crippen LogP contribution in [0.5, 0.6) is 5.75 Å². The van der Waals surface area contributed by atoms with E-state index in [4.69, 9.17) is 4.74 Å². The van der Waals surface area contributed by atoms with Crippen LogP contribution in [0.15, 0.2) is 48.5 Å². The van der Waals surface area contributed by atoms with Crippen LogP contribution in [-0.4, -0.2) is 38.9 Å². The Hall–Kier alpha value is -1.60. The average Bonchev–Trinajstić information content (AvgIpc) is 3.59. The Kier molecular flexibility index (Phi) is 7.44. The van der Waals surface area contributed by atoms with Crippen LogP contribution in [0.3, 0.4) is 0 Å². The van der Waals surface area contributed by atoms with Gasteiger partial charge in [-0.05, 0) is 36.5 Å². The molecule has 1 amide bonds. The van der Waals surface area contributed by atoms with Crippen molar-refractivity contribution in [1.82, 2.24) is 5.32 Å². The summed E-state index contributed by atoms with van der Waals surface area (Å²) in [7, 11) is 0. The Morgan fingerprint density at radius 2 is 1.76 bits per heavy atom. The first-order valence-corrected chi connectivity index (χ1v) is 15.2. The number of nitrogens with one attached hydrogen (secondary N) is 2. The predicted octanol–water partition coefficient (Wildman–Crippen LogP) is 4.62. The SMILES string of the molecule is O=C(CI1CCNCC1)Nc1ccc(CCCOc2ccc(C3CC3)cc2)cc1. The first-order chi connectivity index (χ1) is 14.3. The number of hydrogen-bond acceptors (Lipinski definition) is 3. The van der Waals surface area contributed by atoms with E-state index < -0.39 is 19.8 Å². The van der Waals surface area contributed by atoms with E-state index in [9.17, 15) is 4.79 Å². The summed E-state index contributed by atoms with van der Waals surface area (Å²) in [6, 6.07) is 16.9. The summed E-state index contributed by atoms with van der Waals surface area (Å²) >= 11 is -1.05. The second-order valence-electron chi connectivity index (χ2n) is 7.87. The molecular formula is C24H31IN2O2. The first-order valence-electron chi connectivity index (χ1n) is 10.7. The number of alkyl halides is 3. The van der Waals surface area contributed by atoms with Crippen LogP contribution < -0.4 is 15.4 Å². The second kappa shape index (κ2) is 10.4. The van der Waals surface area contributed by atoms with Gasteiger partial charge in [0.05, 0.1) is 0 Å². The van der Waals surface area contributed by atoms with Gasteiger partial charge in [0, 0.05) is 0 Å². The van der Waals surface area contributed by atoms with E-state index >= 15 is 0 Å². The van der Waals surface area contributed by atoms with Crippen LogP contribution >= 0.6 is 19.8 Å². The van der Waals surface area contributed by atoms with E-state index in [0.29, 0.717) is 0 Å². The maximum atomic E-state index is 12.3. The second-order valence-corrected chi connectivity index (χ2v) is 14.0. The number of aryl methyl sites for hydroxylation is 1. The summed E-state index contributed by atoms with van der Waals surface area (Å²) < 4.78 is 9.16. The molecule has 0 bridgehead atoms. The van der Waals surface area contributed by atoms with Crippen molar-refractivity contribution < 1.29 is 9.53 Å². The third-order valence-electron chi connectivity index (χ3n) is 5.43. The summed E-state index contributed by atoms with van der Waals surface area (Å²) in [5, 5.41) is 6.46. The normalized spacial score (nSPS) is 17.7. The Balaban J connectivity index is 1.14. The van der Waals surface area contributed by atoms with E-state index in [1.54, 1.807) is 0 Å². The van der Waals surface area contributed by atoms with Crippen molar-refractivity contribution >= 4 is 31.4 Å². The zero-order valence-electron chi connectivity index (χ0n) is 17.0. The number of ether oxygens (including phenoxy) is 1. The van der Waals surface area contributed by atoms with Gasteiger partial charge in [-0.15, -0.1) is 0 Å². The van der Waals surface area contributed by atoms with E-state index in [0.717, 1.165) is 54.3 Å². The van der Waals surface area contributed by atoms with Gasteiger partial charge in [0.1, 0.15) is 0 Å². The fourth-order valence-corrected chi connectivity index (χ4v) is 8.36. The summed E-state index contributed by atoms with van der Waals surface area (Å²) in [6.45, 7) is 2.92. The molecule has 2 aliphatic rings. The number of carbonyl (C=O) groups excluding carboxylic acids is 1. The Bertz CT molecular complexity index is 782. The number of hydrogen-bond donors (Lipinski definition) is 2. The van der Waals surface area contributed by atoms with Gasteiger partial charge in [0.15, 0.2) is 0 Å². The number of halogens is 1. The molecular weight excluding hydrogens is 475 g/mol. The monoisotopic (exact) mass is 506 g/mol. The molecule has 29 heavy (non-hydrogen) atoms. The number of rotatable bonds is 9. The van der Waals surface area contributed by atoms with Gasteiger partial charge in [-0.25, -0.2) is 0 Å². The molecule has 156 valence electrons. The molecule has 2 aromatic rings. The van der Waals surface area contributed by atoms with Crippen LogP contribution in [-0.2, 0) is 11.2 Å². The minimum absolute atomic E-state index is 0.200. The van der Waals surface area contributed by atoms with E-state index in [1.807, 2.05) is 12.1 Å². The predicted molar refractivity (Wildman–Crippen MR) is 129 cm³/mol. The molecule has 1 saturated heterocycles. The van der Waals surface area contributed by atoms with Gasteiger partial charge in [-0.3, -0.25) is 0 Å². The van der Waals surface area contributed by atoms with Crippen molar-refractivity contribution in [2.75, 3.05) is 38.3 Å². The summed E-state index contributed by atoms with van der Waals surface area (Å²) in [4.78, 5) is 12.3. The molecule has 1 saturated carbocycles. The first kappa shape index (κ1) is 20.7. The average molecular weight is 506 g/mol. The molecule has 0 radical (unpaired) electrons. The van der Waals surface area contributed by atoms with Crippen molar-refractivity contribution in [3.63, 3.8) is 0 Å². The van der Waals surface area contributed by atoms with Crippen LogP contribution in [0, 0.1) is 0 Å². The standard InChI is InChI=1S/C24H31IN2O2/c28-24(18-25-13-15-26-16-14-25)27-22-9-3-19(4-10-22)2-1-17-29-23-11-7-21(8-12-23)20-5-6-20/h3-4,7-12,20,26H,1-2,5-6,13-18H2,(H,27,28). The third-order valence-corrected chi connectivity index (χ3v) is 11.3. The molecule has 0 atom stereocenters. The zero-order valence-corrected chi connectivity index (χ0v) is 19.1. The van der Waals surface area contributed by atoms with Crippen molar-refractivity contribution in [2.45, 2.75) is 31.6 Å². The molecule has 4 rings (SSSR count). The molecule has 1 aliphatic carbocycles. The Morgan fingerprint density at radius 3 is 2.45 bits per heavy atom. The topological polar surface area (TPSA) is 50.4 Å². The van der Waals surface area contributed by atoms with Gasteiger partial charge in [0.2, 0.25) is 0 Å². The number of carbonyl (C=O) groups is 1. The molecule has 1 heterocycles. The molecule has 4 nitrogen and oxygen atoms in total. The summed E-state index contributed by atoms with van der Waals surface area (Å²) in [6.07, 6.45) is 4.64. The fourth-order valence-electron chi connectivity index (χ4n) is 3.59. The van der Waals surface area contributed by atoms with Gasteiger partial charge < -0.3 is 0 Å². The third kappa shape index (κ3) is 6.71. The molecule has 0 unspecified atom stereocenters. The van der Waals surface area contributed by atoms with E-state index in [2.05, 4.69) is 47.0 Å². The molecule has 1 aliphatic heterocycles. The van der Waals surface area contributed by atoms with E-state index in [1.165, 1.54) is 32.8 Å². The van der Waals surface area contributed by atoms with Crippen LogP contribution in [0.2, 0.25) is 0 Å². The summed E-state index contributed by atoms with van der Waals surface area (Å²) in [5.74, 6) is 1.96. The molecule has 2 aromatic carbocycles. The van der Waals surface area contributed by atoms with Gasteiger partial charge in [-0.2, -0.15) is 0 Å². The number of benzene rings is 2. The Labute approximate surface area is 181 Å². The minimum atomic E-state index is -1.05. The van der Waals surface area contributed by atoms with Gasteiger partial charge in [0.25, 0.3) is 0 Å². The molecule has 0 spiro atoms. The summed E-state index contributed by atoms with van der Waals surface area (Å²) in [5.41, 5.74) is 3.64. The molecule has 5 heteroatoms. The van der Waals surface area contributed by atoms with Crippen molar-refractivity contribution in [3.05, 3.63) is 59.7 Å². The van der Waals surface area contributed by atoms with Crippen molar-refractivity contribution in [1.29, 1.82) is 0 Å². The fraction of sp³-hybridized carbons (Fsp3) is 0.458. The Morgan fingerprint density at radius 1 is 1.03 bits per heavy atom. The van der Waals surface area contributed by atoms with Crippen molar-refractivity contribution in [3.8, 4) is 5.75 Å². The van der Waals surface area contributed by atoms with Gasteiger partial charge in [-0.1, -0.05) is 12.1 Å². The maximum absolute atomic E-state index is 12.3. The number of amides is 1. The number of anilines is 1. The van der Waals surface area contributed by atoms with Crippen molar-refractivity contribution in [2.24, 2.45) is 0 Å². The zero-order chi connectivity index (χ0) is 19.9. The van der Waals surface area contributed by atoms with Crippen LogP contribution in [0.1, 0.15) is 36.3 Å². The van der Waals surface area contributed by atoms with E-state index in [-0.39, 0.29) is 5.91 Å². The van der Waals surface area contributed by atoms with Crippen LogP contribution in [0.25, 0.3) is 0 Å². The molecule has 2 N–H and O–H groups in total. The van der Waals surface area contributed by atoms with Gasteiger partial charge >= 0.3 is 133 Å². The molecule has 0 aromatic heterocycles. The molecule has 2 fully saturated rings. The van der Waals surface area contributed by atoms with Crippen LogP contribution in [0.4, 0.5) is 5.69 Å².